The maximum atomic E-state index is 13.4. The van der Waals surface area contributed by atoms with E-state index in [0.29, 0.717) is 70.4 Å². The van der Waals surface area contributed by atoms with Crippen molar-refractivity contribution in [2.45, 2.75) is 64.1 Å². The molecule has 2 aromatic carbocycles. The lowest BCUT2D eigenvalue weighted by atomic mass is 9.99. The lowest BCUT2D eigenvalue weighted by Crippen LogP contribution is -2.54. The van der Waals surface area contributed by atoms with E-state index in [1.807, 2.05) is 23.1 Å². The van der Waals surface area contributed by atoms with Crippen molar-refractivity contribution in [1.29, 1.82) is 0 Å². The molecule has 0 aliphatic carbocycles. The summed E-state index contributed by atoms with van der Waals surface area (Å²) in [6.45, 7) is 8.12. The molecule has 0 bridgehead atoms. The van der Waals surface area contributed by atoms with Crippen LogP contribution in [0.1, 0.15) is 77.2 Å². The summed E-state index contributed by atoms with van der Waals surface area (Å²) in [6, 6.07) is 14.0. The Hall–Kier alpha value is -6.36. The Kier molecular flexibility index (Phi) is 10.7. The first-order chi connectivity index (χ1) is 29.2. The highest BCUT2D eigenvalue weighted by atomic mass is 16.5. The highest BCUT2D eigenvalue weighted by Crippen LogP contribution is 2.38. The third-order valence-electron chi connectivity index (χ3n) is 12.3. The second-order valence-electron chi connectivity index (χ2n) is 15.9. The molecule has 3 N–H and O–H groups in total. The summed E-state index contributed by atoms with van der Waals surface area (Å²) in [7, 11) is 0. The van der Waals surface area contributed by atoms with Crippen molar-refractivity contribution in [3.63, 3.8) is 0 Å². The molecular weight excluding hydrogens is 769 g/mol. The molecule has 7 amide bonds. The van der Waals surface area contributed by atoms with Crippen LogP contribution < -0.4 is 20.9 Å². The van der Waals surface area contributed by atoms with E-state index < -0.39 is 29.7 Å². The number of hydrogen-bond donors (Lipinski definition) is 3. The first kappa shape index (κ1) is 39.1. The Morgan fingerprint density at radius 3 is 2.38 bits per heavy atom. The number of piperazine rings is 1. The van der Waals surface area contributed by atoms with E-state index in [9.17, 15) is 28.8 Å². The van der Waals surface area contributed by atoms with Gasteiger partial charge in [-0.3, -0.25) is 34.2 Å². The summed E-state index contributed by atoms with van der Waals surface area (Å²) in [5, 5.41) is 9.43. The number of carbonyl (C=O) groups excluding carboxylic acids is 6. The van der Waals surface area contributed by atoms with Gasteiger partial charge in [0, 0.05) is 101 Å². The van der Waals surface area contributed by atoms with Gasteiger partial charge >= 0.3 is 6.03 Å². The van der Waals surface area contributed by atoms with Crippen LogP contribution in [0.15, 0.2) is 48.5 Å². The van der Waals surface area contributed by atoms with Gasteiger partial charge in [0.2, 0.25) is 17.7 Å². The number of imide groups is 2. The second kappa shape index (κ2) is 16.4. The first-order valence-electron chi connectivity index (χ1n) is 20.8. The van der Waals surface area contributed by atoms with Gasteiger partial charge in [0.05, 0.1) is 34.6 Å². The van der Waals surface area contributed by atoms with Gasteiger partial charge in [0.25, 0.3) is 11.8 Å². The van der Waals surface area contributed by atoms with Gasteiger partial charge in [-0.15, -0.1) is 0 Å². The van der Waals surface area contributed by atoms with E-state index in [2.05, 4.69) is 37.6 Å². The van der Waals surface area contributed by atoms with E-state index in [4.69, 9.17) is 14.7 Å². The van der Waals surface area contributed by atoms with E-state index >= 15 is 0 Å². The van der Waals surface area contributed by atoms with Crippen LogP contribution in [0.5, 0.6) is 0 Å². The van der Waals surface area contributed by atoms with E-state index in [1.54, 1.807) is 30.0 Å². The van der Waals surface area contributed by atoms with Gasteiger partial charge in [-0.2, -0.15) is 0 Å². The van der Waals surface area contributed by atoms with Crippen LogP contribution in [0.3, 0.4) is 0 Å². The van der Waals surface area contributed by atoms with Gasteiger partial charge < -0.3 is 34.6 Å². The summed E-state index contributed by atoms with van der Waals surface area (Å²) < 4.78 is 7.99. The average Bonchev–Trinajstić information content (AvgIpc) is 3.77. The standard InChI is InChI=1S/C43H48N10O7/c1-26(54)51-21-22-52-34(25-51)38(48-39(52)27-13-23-60-24-14-27)29-5-2-7-31-28(29)9-11-35(46-31)49-17-19-50(20-18-49)43(59)45-16-4-15-44-32-8-3-6-30-37(32)42(58)53(41(30)57)33-10-12-36(55)47-40(33)56/h2-3,5-9,11,27,33,44H,4,10,12-25H2,1H3,(H,45,59)(H,47,55,56). The zero-order valence-corrected chi connectivity index (χ0v) is 33.6. The van der Waals surface area contributed by atoms with Gasteiger partial charge in [-0.05, 0) is 56.0 Å². The SMILES string of the molecule is CC(=O)N1CCn2c(C3CCOCC3)nc(-c3cccc4nc(N5CCN(C(=O)NCCCNc6cccc7c6C(=O)N(C6CCC(=O)NC6=O)C7=O)CC5)ccc34)c2C1. The van der Waals surface area contributed by atoms with Crippen molar-refractivity contribution in [3.8, 4) is 11.3 Å². The van der Waals surface area contributed by atoms with Gasteiger partial charge in [-0.1, -0.05) is 18.2 Å². The molecule has 0 spiro atoms. The average molecular weight is 817 g/mol. The Bertz CT molecular complexity index is 2400. The number of carbonyl (C=O) groups is 6. The fourth-order valence-corrected chi connectivity index (χ4v) is 9.09. The zero-order chi connectivity index (χ0) is 41.5. The predicted molar refractivity (Wildman–Crippen MR) is 220 cm³/mol. The second-order valence-corrected chi connectivity index (χ2v) is 15.9. The molecular formula is C43H48N10O7. The summed E-state index contributed by atoms with van der Waals surface area (Å²) >= 11 is 0. The van der Waals surface area contributed by atoms with Gasteiger partial charge in [0.1, 0.15) is 17.7 Å². The number of ether oxygens (including phenoxy) is 1. The number of aromatic nitrogens is 3. The van der Waals surface area contributed by atoms with Gasteiger partial charge in [0.15, 0.2) is 0 Å². The minimum atomic E-state index is -1.03. The number of nitrogens with one attached hydrogen (secondary N) is 3. The van der Waals surface area contributed by atoms with Crippen molar-refractivity contribution >= 4 is 58.0 Å². The molecule has 312 valence electrons. The molecule has 17 heteroatoms. The van der Waals surface area contributed by atoms with Gasteiger partial charge in [-0.25, -0.2) is 14.8 Å². The van der Waals surface area contributed by atoms with Crippen LogP contribution in [0.2, 0.25) is 0 Å². The zero-order valence-electron chi connectivity index (χ0n) is 33.6. The van der Waals surface area contributed by atoms with Crippen LogP contribution in [0.25, 0.3) is 22.2 Å². The number of amides is 7. The Balaban J connectivity index is 0.794. The summed E-state index contributed by atoms with van der Waals surface area (Å²) in [4.78, 5) is 93.4. The Morgan fingerprint density at radius 1 is 0.833 bits per heavy atom. The maximum absolute atomic E-state index is 13.4. The number of hydrogen-bond acceptors (Lipinski definition) is 11. The number of anilines is 2. The number of fused-ring (bicyclic) bond motifs is 3. The van der Waals surface area contributed by atoms with Crippen molar-refractivity contribution < 1.29 is 33.5 Å². The number of piperidine rings is 1. The maximum Gasteiger partial charge on any atom is 0.317 e. The minimum Gasteiger partial charge on any atom is -0.384 e. The number of urea groups is 1. The number of pyridine rings is 1. The normalized spacial score (nSPS) is 19.7. The molecule has 3 fully saturated rings. The molecule has 5 aliphatic rings. The van der Waals surface area contributed by atoms with Crippen LogP contribution in [-0.2, 0) is 32.2 Å². The van der Waals surface area contributed by atoms with Crippen molar-refractivity contribution in [1.82, 2.24) is 39.9 Å². The van der Waals surface area contributed by atoms with Crippen molar-refractivity contribution in [2.75, 3.05) is 69.2 Å². The highest BCUT2D eigenvalue weighted by Gasteiger charge is 2.45. The first-order valence-corrected chi connectivity index (χ1v) is 20.8. The van der Waals surface area contributed by atoms with Crippen LogP contribution in [0.4, 0.5) is 16.3 Å². The number of nitrogens with zero attached hydrogens (tertiary/aromatic N) is 7. The molecule has 1 unspecified atom stereocenters. The summed E-state index contributed by atoms with van der Waals surface area (Å²) in [5.74, 6) is 0.103. The minimum absolute atomic E-state index is 0.0531. The van der Waals surface area contributed by atoms with E-state index in [1.165, 1.54) is 0 Å². The number of imidazole rings is 1. The fraction of sp³-hybridized carbons (Fsp3) is 0.442. The molecule has 7 heterocycles. The molecule has 0 saturated carbocycles. The third kappa shape index (κ3) is 7.31. The fourth-order valence-electron chi connectivity index (χ4n) is 9.09. The third-order valence-corrected chi connectivity index (χ3v) is 12.3. The molecule has 4 aromatic rings. The number of rotatable bonds is 9. The lowest BCUT2D eigenvalue weighted by Gasteiger charge is -2.35. The van der Waals surface area contributed by atoms with E-state index in [0.717, 1.165) is 77.0 Å². The molecule has 9 rings (SSSR count). The largest absolute Gasteiger partial charge is 0.384 e. The highest BCUT2D eigenvalue weighted by molar-refractivity contribution is 6.25. The Morgan fingerprint density at radius 2 is 1.60 bits per heavy atom. The predicted octanol–water partition coefficient (Wildman–Crippen LogP) is 3.09. The van der Waals surface area contributed by atoms with Crippen molar-refractivity contribution in [3.05, 3.63) is 71.2 Å². The summed E-state index contributed by atoms with van der Waals surface area (Å²) in [5.41, 5.74) is 4.72. The quantitative estimate of drug-likeness (QED) is 0.166. The molecule has 5 aliphatic heterocycles. The van der Waals surface area contributed by atoms with Crippen molar-refractivity contribution in [2.24, 2.45) is 0 Å². The smallest absolute Gasteiger partial charge is 0.317 e. The number of benzene rings is 2. The molecule has 60 heavy (non-hydrogen) atoms. The topological polar surface area (TPSA) is 191 Å². The summed E-state index contributed by atoms with van der Waals surface area (Å²) in [6.07, 6.45) is 2.57. The van der Waals surface area contributed by atoms with E-state index in [-0.39, 0.29) is 35.9 Å². The molecule has 17 nitrogen and oxygen atoms in total. The molecule has 2 aromatic heterocycles. The van der Waals surface area contributed by atoms with Crippen LogP contribution in [-0.4, -0.2) is 130 Å². The molecule has 0 radical (unpaired) electrons. The Labute approximate surface area is 346 Å². The van der Waals surface area contributed by atoms with Crippen LogP contribution >= 0.6 is 0 Å². The monoisotopic (exact) mass is 816 g/mol. The van der Waals surface area contributed by atoms with Crippen LogP contribution in [0, 0.1) is 0 Å². The molecule has 1 atom stereocenters. The lowest BCUT2D eigenvalue weighted by molar-refractivity contribution is -0.136. The molecule has 3 saturated heterocycles.